The number of amides is 2. The summed E-state index contributed by atoms with van der Waals surface area (Å²) in [6.45, 7) is 1.37. The second kappa shape index (κ2) is 5.50. The van der Waals surface area contributed by atoms with Gasteiger partial charge in [-0.3, -0.25) is 9.67 Å². The molecular weight excluding hydrogens is 278 g/mol. The number of likely N-dealkylation sites (tertiary alicyclic amines) is 1. The lowest BCUT2D eigenvalue weighted by molar-refractivity contribution is 0.220. The second-order valence-electron chi connectivity index (χ2n) is 4.70. The lowest BCUT2D eigenvalue weighted by Crippen LogP contribution is -2.33. The molecule has 1 N–H and O–H groups in total. The van der Waals surface area contributed by atoms with Crippen LogP contribution in [0.4, 0.5) is 10.5 Å². The van der Waals surface area contributed by atoms with E-state index in [2.05, 4.69) is 15.4 Å². The highest BCUT2D eigenvalue weighted by Crippen LogP contribution is 2.21. The predicted molar refractivity (Wildman–Crippen MR) is 75.7 cm³/mol. The van der Waals surface area contributed by atoms with Gasteiger partial charge < -0.3 is 10.2 Å². The number of anilines is 1. The number of aromatic nitrogens is 3. The van der Waals surface area contributed by atoms with Crippen molar-refractivity contribution in [2.24, 2.45) is 0 Å². The predicted octanol–water partition coefficient (Wildman–Crippen LogP) is 2.41. The average molecular weight is 292 g/mol. The molecule has 0 saturated carbocycles. The van der Waals surface area contributed by atoms with Crippen molar-refractivity contribution in [1.82, 2.24) is 19.7 Å². The molecule has 0 bridgehead atoms. The van der Waals surface area contributed by atoms with E-state index in [0.717, 1.165) is 6.42 Å². The lowest BCUT2D eigenvalue weighted by Gasteiger charge is -2.17. The van der Waals surface area contributed by atoms with Crippen LogP contribution in [0.3, 0.4) is 0 Å². The van der Waals surface area contributed by atoms with Crippen LogP contribution in [0.5, 0.6) is 0 Å². The Labute approximate surface area is 121 Å². The summed E-state index contributed by atoms with van der Waals surface area (Å²) in [5.74, 6) is 0. The molecule has 0 aliphatic carbocycles. The molecule has 0 aromatic carbocycles. The van der Waals surface area contributed by atoms with E-state index >= 15 is 0 Å². The van der Waals surface area contributed by atoms with E-state index in [1.807, 2.05) is 16.9 Å². The Balaban J connectivity index is 1.61. The molecule has 1 saturated heterocycles. The summed E-state index contributed by atoms with van der Waals surface area (Å²) < 4.78 is 1.90. The molecule has 3 heterocycles. The molecule has 1 fully saturated rings. The van der Waals surface area contributed by atoms with E-state index < -0.39 is 0 Å². The third-order valence-corrected chi connectivity index (χ3v) is 3.51. The molecule has 2 amide bonds. The van der Waals surface area contributed by atoms with Gasteiger partial charge in [0, 0.05) is 31.7 Å². The van der Waals surface area contributed by atoms with Gasteiger partial charge in [-0.25, -0.2) is 4.79 Å². The van der Waals surface area contributed by atoms with Crippen LogP contribution in [0.2, 0.25) is 5.02 Å². The first kappa shape index (κ1) is 12.9. The number of nitrogens with one attached hydrogen (secondary N) is 1. The SMILES string of the molecule is O=C(Nc1cncc(Cl)c1)N1CCC(n2cccn2)C1. The van der Waals surface area contributed by atoms with Crippen LogP contribution in [-0.4, -0.2) is 38.8 Å². The van der Waals surface area contributed by atoms with Crippen LogP contribution in [0.15, 0.2) is 36.9 Å². The Morgan fingerprint density at radius 2 is 2.35 bits per heavy atom. The normalized spacial score (nSPS) is 18.2. The molecule has 2 aromatic rings. The Morgan fingerprint density at radius 3 is 3.10 bits per heavy atom. The smallest absolute Gasteiger partial charge is 0.321 e. The van der Waals surface area contributed by atoms with Gasteiger partial charge in [-0.15, -0.1) is 0 Å². The van der Waals surface area contributed by atoms with Crippen LogP contribution in [0.25, 0.3) is 0 Å². The number of urea groups is 1. The summed E-state index contributed by atoms with van der Waals surface area (Å²) in [7, 11) is 0. The summed E-state index contributed by atoms with van der Waals surface area (Å²) in [5, 5.41) is 7.52. The monoisotopic (exact) mass is 291 g/mol. The fraction of sp³-hybridized carbons (Fsp3) is 0.308. The standard InChI is InChI=1S/C13H14ClN5O/c14-10-6-11(8-15-7-10)17-13(20)18-5-2-12(9-18)19-4-1-3-16-19/h1,3-4,6-8,12H,2,5,9H2,(H,17,20). The van der Waals surface area contributed by atoms with Gasteiger partial charge in [0.1, 0.15) is 0 Å². The first-order chi connectivity index (χ1) is 9.72. The molecule has 20 heavy (non-hydrogen) atoms. The summed E-state index contributed by atoms with van der Waals surface area (Å²) in [5.41, 5.74) is 0.602. The minimum atomic E-state index is -0.135. The fourth-order valence-electron chi connectivity index (χ4n) is 2.32. The second-order valence-corrected chi connectivity index (χ2v) is 5.13. The Bertz CT molecular complexity index is 601. The largest absolute Gasteiger partial charge is 0.322 e. The first-order valence-corrected chi connectivity index (χ1v) is 6.76. The molecule has 3 rings (SSSR count). The van der Waals surface area contributed by atoms with Crippen molar-refractivity contribution in [1.29, 1.82) is 0 Å². The summed E-state index contributed by atoms with van der Waals surface area (Å²) in [6.07, 6.45) is 7.68. The number of nitrogens with zero attached hydrogens (tertiary/aromatic N) is 4. The number of pyridine rings is 1. The summed E-state index contributed by atoms with van der Waals surface area (Å²) in [6, 6.07) is 3.67. The number of halogens is 1. The van der Waals surface area contributed by atoms with Gasteiger partial charge in [-0.05, 0) is 18.6 Å². The van der Waals surface area contributed by atoms with E-state index in [9.17, 15) is 4.79 Å². The Kier molecular flexibility index (Phi) is 3.56. The van der Waals surface area contributed by atoms with Gasteiger partial charge in [0.25, 0.3) is 0 Å². The zero-order valence-corrected chi connectivity index (χ0v) is 11.5. The van der Waals surface area contributed by atoms with Crippen LogP contribution in [-0.2, 0) is 0 Å². The van der Waals surface area contributed by atoms with Gasteiger partial charge >= 0.3 is 6.03 Å². The van der Waals surface area contributed by atoms with E-state index in [-0.39, 0.29) is 12.1 Å². The molecule has 1 aliphatic rings. The third kappa shape index (κ3) is 2.75. The van der Waals surface area contributed by atoms with Crippen molar-refractivity contribution >= 4 is 23.3 Å². The molecular formula is C13H14ClN5O. The molecule has 1 atom stereocenters. The number of carbonyl (C=O) groups is 1. The minimum Gasteiger partial charge on any atom is -0.322 e. The lowest BCUT2D eigenvalue weighted by atomic mass is 10.3. The van der Waals surface area contributed by atoms with Crippen LogP contribution in [0.1, 0.15) is 12.5 Å². The van der Waals surface area contributed by atoms with Gasteiger partial charge in [-0.1, -0.05) is 11.6 Å². The number of carbonyl (C=O) groups excluding carboxylic acids is 1. The van der Waals surface area contributed by atoms with Crippen molar-refractivity contribution in [3.63, 3.8) is 0 Å². The maximum Gasteiger partial charge on any atom is 0.321 e. The van der Waals surface area contributed by atoms with Crippen molar-refractivity contribution in [3.05, 3.63) is 41.9 Å². The van der Waals surface area contributed by atoms with E-state index in [1.165, 1.54) is 6.20 Å². The topological polar surface area (TPSA) is 63.1 Å². The van der Waals surface area contributed by atoms with Crippen LogP contribution >= 0.6 is 11.6 Å². The fourth-order valence-corrected chi connectivity index (χ4v) is 2.50. The molecule has 7 heteroatoms. The Hall–Kier alpha value is -2.08. The summed E-state index contributed by atoms with van der Waals surface area (Å²) >= 11 is 5.84. The molecule has 6 nitrogen and oxygen atoms in total. The highest BCUT2D eigenvalue weighted by molar-refractivity contribution is 6.30. The summed E-state index contributed by atoms with van der Waals surface area (Å²) in [4.78, 5) is 17.9. The van der Waals surface area contributed by atoms with Crippen molar-refractivity contribution < 1.29 is 4.79 Å². The molecule has 104 valence electrons. The van der Waals surface area contributed by atoms with Crippen molar-refractivity contribution in [2.75, 3.05) is 18.4 Å². The first-order valence-electron chi connectivity index (χ1n) is 6.38. The van der Waals surface area contributed by atoms with Crippen LogP contribution in [0, 0.1) is 0 Å². The number of hydrogen-bond acceptors (Lipinski definition) is 3. The van der Waals surface area contributed by atoms with Crippen molar-refractivity contribution in [2.45, 2.75) is 12.5 Å². The van der Waals surface area contributed by atoms with Gasteiger partial charge in [-0.2, -0.15) is 5.10 Å². The maximum absolute atomic E-state index is 12.2. The van der Waals surface area contributed by atoms with Gasteiger partial charge in [0.05, 0.1) is 22.9 Å². The van der Waals surface area contributed by atoms with Crippen molar-refractivity contribution in [3.8, 4) is 0 Å². The van der Waals surface area contributed by atoms with E-state index in [1.54, 1.807) is 23.4 Å². The average Bonchev–Trinajstić information content (AvgIpc) is 3.10. The number of rotatable bonds is 2. The van der Waals surface area contributed by atoms with E-state index in [0.29, 0.717) is 23.8 Å². The molecule has 1 aliphatic heterocycles. The highest BCUT2D eigenvalue weighted by Gasteiger charge is 2.27. The van der Waals surface area contributed by atoms with Gasteiger partial charge in [0.2, 0.25) is 0 Å². The minimum absolute atomic E-state index is 0.135. The molecule has 0 spiro atoms. The Morgan fingerprint density at radius 1 is 1.45 bits per heavy atom. The quantitative estimate of drug-likeness (QED) is 0.924. The van der Waals surface area contributed by atoms with E-state index in [4.69, 9.17) is 11.6 Å². The third-order valence-electron chi connectivity index (χ3n) is 3.31. The zero-order valence-electron chi connectivity index (χ0n) is 10.7. The molecule has 0 radical (unpaired) electrons. The number of hydrogen-bond donors (Lipinski definition) is 1. The van der Waals surface area contributed by atoms with Gasteiger partial charge in [0.15, 0.2) is 0 Å². The molecule has 1 unspecified atom stereocenters. The molecule has 2 aromatic heterocycles. The maximum atomic E-state index is 12.2. The highest BCUT2D eigenvalue weighted by atomic mass is 35.5. The van der Waals surface area contributed by atoms with Crippen LogP contribution < -0.4 is 5.32 Å². The zero-order chi connectivity index (χ0) is 13.9.